The van der Waals surface area contributed by atoms with Crippen molar-refractivity contribution in [1.29, 1.82) is 0 Å². The van der Waals surface area contributed by atoms with Crippen molar-refractivity contribution in [3.05, 3.63) is 48.4 Å². The minimum atomic E-state index is 0.328. The molecular weight excluding hydrogens is 236 g/mol. The van der Waals surface area contributed by atoms with Gasteiger partial charge in [-0.05, 0) is 37.1 Å². The fourth-order valence-corrected chi connectivity index (χ4v) is 2.85. The molecule has 0 bridgehead atoms. The topological polar surface area (TPSA) is 17.4 Å². The van der Waals surface area contributed by atoms with E-state index in [4.69, 9.17) is 4.74 Å². The monoisotopic (exact) mass is 256 g/mol. The van der Waals surface area contributed by atoms with Crippen LogP contribution in [0.5, 0.6) is 0 Å². The van der Waals surface area contributed by atoms with Crippen molar-refractivity contribution >= 4 is 10.9 Å². The van der Waals surface area contributed by atoms with E-state index in [2.05, 4.69) is 59.1 Å². The van der Waals surface area contributed by atoms with Crippen molar-refractivity contribution < 1.29 is 4.74 Å². The number of hydrogen-bond acceptors (Lipinski definition) is 2. The number of methoxy groups -OCH3 is 1. The van der Waals surface area contributed by atoms with Crippen LogP contribution in [-0.4, -0.2) is 36.2 Å². The number of para-hydroxylation sites is 1. The van der Waals surface area contributed by atoms with Gasteiger partial charge < -0.3 is 9.30 Å². The molecule has 1 aliphatic rings. The van der Waals surface area contributed by atoms with Gasteiger partial charge in [0.1, 0.15) is 5.76 Å². The van der Waals surface area contributed by atoms with E-state index in [1.54, 1.807) is 7.11 Å². The molecule has 0 radical (unpaired) electrons. The molecule has 3 heteroatoms. The van der Waals surface area contributed by atoms with Crippen LogP contribution in [0.1, 0.15) is 6.42 Å². The third-order valence-corrected chi connectivity index (χ3v) is 3.97. The lowest BCUT2D eigenvalue weighted by Crippen LogP contribution is -2.40. The minimum absolute atomic E-state index is 0.328. The fourth-order valence-electron chi connectivity index (χ4n) is 2.85. The maximum atomic E-state index is 5.54. The second-order valence-electron chi connectivity index (χ2n) is 5.12. The Balaban J connectivity index is 1.91. The van der Waals surface area contributed by atoms with E-state index in [0.717, 1.165) is 25.3 Å². The van der Waals surface area contributed by atoms with Gasteiger partial charge in [0.25, 0.3) is 0 Å². The molecule has 1 unspecified atom stereocenters. The molecule has 0 fully saturated rings. The van der Waals surface area contributed by atoms with Crippen LogP contribution >= 0.6 is 0 Å². The number of likely N-dealkylation sites (N-methyl/N-ethyl adjacent to an activating group) is 1. The Morgan fingerprint density at radius 1 is 1.26 bits per heavy atom. The van der Waals surface area contributed by atoms with Crippen LogP contribution in [0.25, 0.3) is 10.9 Å². The average Bonchev–Trinajstić information content (AvgIpc) is 2.84. The van der Waals surface area contributed by atoms with E-state index in [-0.39, 0.29) is 0 Å². The molecule has 1 aromatic carbocycles. The van der Waals surface area contributed by atoms with Crippen molar-refractivity contribution in [3.8, 4) is 0 Å². The number of benzene rings is 1. The van der Waals surface area contributed by atoms with Gasteiger partial charge in [-0.2, -0.15) is 0 Å². The normalized spacial score (nSPS) is 20.5. The Kier molecular flexibility index (Phi) is 3.30. The molecular formula is C16H20N2O. The van der Waals surface area contributed by atoms with Crippen LogP contribution in [0, 0.1) is 0 Å². The molecule has 19 heavy (non-hydrogen) atoms. The van der Waals surface area contributed by atoms with E-state index in [1.165, 1.54) is 10.9 Å². The van der Waals surface area contributed by atoms with Crippen LogP contribution in [0.15, 0.2) is 48.4 Å². The summed E-state index contributed by atoms with van der Waals surface area (Å²) in [6.07, 6.45) is 5.46. The SMILES string of the molecule is COC1=CCCN(C)C1Cn1ccc2ccccc21. The molecule has 0 N–H and O–H groups in total. The summed E-state index contributed by atoms with van der Waals surface area (Å²) in [5, 5.41) is 1.30. The van der Waals surface area contributed by atoms with Gasteiger partial charge >= 0.3 is 0 Å². The second-order valence-corrected chi connectivity index (χ2v) is 5.12. The molecule has 3 rings (SSSR count). The Morgan fingerprint density at radius 3 is 2.95 bits per heavy atom. The molecule has 2 aromatic rings. The predicted molar refractivity (Wildman–Crippen MR) is 78.1 cm³/mol. The Morgan fingerprint density at radius 2 is 2.11 bits per heavy atom. The largest absolute Gasteiger partial charge is 0.500 e. The van der Waals surface area contributed by atoms with Gasteiger partial charge in [0.05, 0.1) is 13.2 Å². The minimum Gasteiger partial charge on any atom is -0.500 e. The summed E-state index contributed by atoms with van der Waals surface area (Å²) in [6, 6.07) is 11.0. The highest BCUT2D eigenvalue weighted by molar-refractivity contribution is 5.79. The third-order valence-electron chi connectivity index (χ3n) is 3.97. The summed E-state index contributed by atoms with van der Waals surface area (Å²) in [5.74, 6) is 1.09. The predicted octanol–water partition coefficient (Wildman–Crippen LogP) is 2.88. The molecule has 3 nitrogen and oxygen atoms in total. The van der Waals surface area contributed by atoms with Crippen LogP contribution in [0.2, 0.25) is 0 Å². The number of fused-ring (bicyclic) bond motifs is 1. The first-order valence-electron chi connectivity index (χ1n) is 6.78. The molecule has 100 valence electrons. The highest BCUT2D eigenvalue weighted by atomic mass is 16.5. The maximum Gasteiger partial charge on any atom is 0.111 e. The van der Waals surface area contributed by atoms with Gasteiger partial charge in [-0.1, -0.05) is 18.2 Å². The smallest absolute Gasteiger partial charge is 0.111 e. The van der Waals surface area contributed by atoms with E-state index in [1.807, 2.05) is 0 Å². The van der Waals surface area contributed by atoms with Crippen molar-refractivity contribution in [1.82, 2.24) is 9.47 Å². The zero-order chi connectivity index (χ0) is 13.2. The Bertz CT molecular complexity index is 600. The van der Waals surface area contributed by atoms with E-state index < -0.39 is 0 Å². The number of ether oxygens (including phenoxy) is 1. The lowest BCUT2D eigenvalue weighted by atomic mass is 10.1. The summed E-state index contributed by atoms with van der Waals surface area (Å²) < 4.78 is 7.86. The van der Waals surface area contributed by atoms with Gasteiger partial charge in [-0.3, -0.25) is 4.90 Å². The van der Waals surface area contributed by atoms with Crippen LogP contribution < -0.4 is 0 Å². The first-order chi connectivity index (χ1) is 9.29. The molecule has 0 spiro atoms. The summed E-state index contributed by atoms with van der Waals surface area (Å²) >= 11 is 0. The number of nitrogens with zero attached hydrogens (tertiary/aromatic N) is 2. The molecule has 1 aromatic heterocycles. The lowest BCUT2D eigenvalue weighted by molar-refractivity contribution is 0.149. The summed E-state index contributed by atoms with van der Waals surface area (Å²) in [7, 11) is 3.94. The Hall–Kier alpha value is -1.74. The highest BCUT2D eigenvalue weighted by Crippen LogP contribution is 2.22. The summed E-state index contributed by atoms with van der Waals surface area (Å²) in [5.41, 5.74) is 1.29. The van der Waals surface area contributed by atoms with Crippen molar-refractivity contribution in [3.63, 3.8) is 0 Å². The molecule has 1 aliphatic heterocycles. The van der Waals surface area contributed by atoms with E-state index in [0.29, 0.717) is 6.04 Å². The van der Waals surface area contributed by atoms with Crippen molar-refractivity contribution in [2.45, 2.75) is 19.0 Å². The molecule has 0 saturated heterocycles. The van der Waals surface area contributed by atoms with Gasteiger partial charge in [0, 0.05) is 24.8 Å². The molecule has 0 amide bonds. The fraction of sp³-hybridized carbons (Fsp3) is 0.375. The second kappa shape index (κ2) is 5.10. The Labute approximate surface area is 114 Å². The number of rotatable bonds is 3. The van der Waals surface area contributed by atoms with Crippen LogP contribution in [0.3, 0.4) is 0 Å². The quantitative estimate of drug-likeness (QED) is 0.840. The molecule has 0 aliphatic carbocycles. The zero-order valence-electron chi connectivity index (χ0n) is 11.5. The average molecular weight is 256 g/mol. The summed E-state index contributed by atoms with van der Waals surface area (Å²) in [6.45, 7) is 2.03. The molecule has 1 atom stereocenters. The first kappa shape index (κ1) is 12.3. The number of hydrogen-bond donors (Lipinski definition) is 0. The lowest BCUT2D eigenvalue weighted by Gasteiger charge is -2.33. The maximum absolute atomic E-state index is 5.54. The van der Waals surface area contributed by atoms with Gasteiger partial charge in [0.2, 0.25) is 0 Å². The highest BCUT2D eigenvalue weighted by Gasteiger charge is 2.24. The molecule has 0 saturated carbocycles. The molecule has 2 heterocycles. The van der Waals surface area contributed by atoms with Crippen LogP contribution in [0.4, 0.5) is 0 Å². The van der Waals surface area contributed by atoms with Gasteiger partial charge in [-0.25, -0.2) is 0 Å². The van der Waals surface area contributed by atoms with Crippen LogP contribution in [-0.2, 0) is 11.3 Å². The standard InChI is InChI=1S/C16H20N2O/c1-17-10-5-8-16(19-2)15(17)12-18-11-9-13-6-3-4-7-14(13)18/h3-4,6-9,11,15H,5,10,12H2,1-2H3. The van der Waals surface area contributed by atoms with E-state index in [9.17, 15) is 0 Å². The summed E-state index contributed by atoms with van der Waals surface area (Å²) in [4.78, 5) is 2.37. The van der Waals surface area contributed by atoms with Crippen molar-refractivity contribution in [2.24, 2.45) is 0 Å². The number of aromatic nitrogens is 1. The third kappa shape index (κ3) is 2.26. The van der Waals surface area contributed by atoms with Crippen molar-refractivity contribution in [2.75, 3.05) is 20.7 Å². The van der Waals surface area contributed by atoms with Gasteiger partial charge in [-0.15, -0.1) is 0 Å². The zero-order valence-corrected chi connectivity index (χ0v) is 11.5. The first-order valence-corrected chi connectivity index (χ1v) is 6.78. The van der Waals surface area contributed by atoms with Gasteiger partial charge in [0.15, 0.2) is 0 Å². The van der Waals surface area contributed by atoms with E-state index >= 15 is 0 Å².